The molecule has 0 aromatic heterocycles. The summed E-state index contributed by atoms with van der Waals surface area (Å²) in [5.41, 5.74) is 0. The summed E-state index contributed by atoms with van der Waals surface area (Å²) in [6.45, 7) is -0.826. The lowest BCUT2D eigenvalue weighted by Crippen LogP contribution is -3.00. The first-order chi connectivity index (χ1) is 5.75. The largest absolute Gasteiger partial charge is 1.00 e. The monoisotopic (exact) mass is 288 g/mol. The van der Waals surface area contributed by atoms with Crippen molar-refractivity contribution in [2.75, 3.05) is 6.66 Å². The summed E-state index contributed by atoms with van der Waals surface area (Å²) in [5, 5.41) is 0. The molecule has 0 N–H and O–H groups in total. The van der Waals surface area contributed by atoms with Crippen LogP contribution in [0, 0.1) is 0 Å². The summed E-state index contributed by atoms with van der Waals surface area (Å²) in [7, 11) is -7.02. The third-order valence-electron chi connectivity index (χ3n) is 1.52. The molecule has 0 saturated heterocycles. The van der Waals surface area contributed by atoms with Gasteiger partial charge >= 0.3 is 25.0 Å². The van der Waals surface area contributed by atoms with Crippen LogP contribution in [-0.2, 0) is 0 Å². The zero-order valence-corrected chi connectivity index (χ0v) is 8.38. The smallest absolute Gasteiger partial charge is 0.528 e. The zero-order valence-electron chi connectivity index (χ0n) is 6.73. The molecule has 0 nitrogen and oxygen atoms in total. The molecule has 0 heterocycles. The fraction of sp³-hybridized carbons (Fsp3) is 1.00. The van der Waals surface area contributed by atoms with E-state index in [0.717, 1.165) is 0 Å². The van der Waals surface area contributed by atoms with E-state index in [2.05, 4.69) is 0 Å². The lowest BCUT2D eigenvalue weighted by atomic mass is 11.4. The van der Waals surface area contributed by atoms with E-state index in [1.54, 1.807) is 0 Å². The van der Waals surface area contributed by atoms with E-state index < -0.39 is 31.7 Å². The third kappa shape index (κ3) is 2.81. The van der Waals surface area contributed by atoms with Crippen LogP contribution in [0.5, 0.6) is 0 Å². The summed E-state index contributed by atoms with van der Waals surface area (Å²) in [6, 6.07) is 0. The number of halogens is 10. The van der Waals surface area contributed by atoms with Crippen LogP contribution in [-0.4, -0.2) is 24.4 Å². The number of hydrogen-bond acceptors (Lipinski definition) is 0. The normalized spacial score (nSPS) is 14.8. The van der Waals surface area contributed by atoms with Crippen molar-refractivity contribution in [3.63, 3.8) is 0 Å². The molecule has 11 heteroatoms. The first-order valence-electron chi connectivity index (χ1n) is 2.82. The van der Waals surface area contributed by atoms with Gasteiger partial charge < -0.3 is 12.4 Å². The van der Waals surface area contributed by atoms with Crippen molar-refractivity contribution in [1.29, 1.82) is 0 Å². The van der Waals surface area contributed by atoms with Crippen LogP contribution in [0.25, 0.3) is 0 Å². The Morgan fingerprint density at radius 1 is 0.600 bits per heavy atom. The molecule has 0 unspecified atom stereocenters. The van der Waals surface area contributed by atoms with Crippen LogP contribution in [0.2, 0.25) is 0 Å². The van der Waals surface area contributed by atoms with Gasteiger partial charge in [-0.05, 0) is 0 Å². The predicted octanol–water partition coefficient (Wildman–Crippen LogP) is 1.20. The van der Waals surface area contributed by atoms with E-state index in [1.807, 2.05) is 0 Å². The molecule has 0 saturated carbocycles. The minimum atomic E-state index is -7.02. The summed E-state index contributed by atoms with van der Waals surface area (Å²) in [5.74, 6) is -18.9. The predicted molar refractivity (Wildman–Crippen MR) is 31.0 cm³/mol. The van der Waals surface area contributed by atoms with E-state index in [-0.39, 0.29) is 12.4 Å². The highest BCUT2D eigenvalue weighted by Crippen LogP contribution is 2.85. The Bertz CT molecular complexity index is 176. The lowest BCUT2D eigenvalue weighted by Gasteiger charge is -2.26. The van der Waals surface area contributed by atoms with Crippen LogP contribution in [0.15, 0.2) is 0 Å². The molecule has 0 spiro atoms. The molecule has 0 aliphatic carbocycles. The lowest BCUT2D eigenvalue weighted by molar-refractivity contribution is -0.130. The van der Waals surface area contributed by atoms with Gasteiger partial charge in [0, 0.05) is 0 Å². The van der Waals surface area contributed by atoms with Crippen LogP contribution >= 0.6 is 7.26 Å². The van der Waals surface area contributed by atoms with Crippen LogP contribution in [0.4, 0.5) is 39.5 Å². The van der Waals surface area contributed by atoms with E-state index in [9.17, 15) is 39.5 Å². The molecule has 0 aliphatic heterocycles. The standard InChI is InChI=1S/C4H3F9P.ClH/c1-14(2(5,6)7,3(8,9)10)4(11,12)13;/h1H3;1H/q+1;/p-1. The first kappa shape index (κ1) is 17.5. The molecular weight excluding hydrogens is 285 g/mol. The van der Waals surface area contributed by atoms with Gasteiger partial charge in [-0.1, -0.05) is 0 Å². The van der Waals surface area contributed by atoms with Gasteiger partial charge in [0.05, 0.1) is 6.66 Å². The van der Waals surface area contributed by atoms with Gasteiger partial charge in [-0.3, -0.25) is 0 Å². The number of rotatable bonds is 0. The molecule has 0 radical (unpaired) electrons. The van der Waals surface area contributed by atoms with Crippen molar-refractivity contribution in [3.8, 4) is 0 Å². The average Bonchev–Trinajstić information content (AvgIpc) is 1.77. The Balaban J connectivity index is 0. The molecule has 0 aromatic carbocycles. The highest BCUT2D eigenvalue weighted by Gasteiger charge is 2.90. The van der Waals surface area contributed by atoms with Gasteiger partial charge in [0.2, 0.25) is 0 Å². The molecule has 15 heavy (non-hydrogen) atoms. The second kappa shape index (κ2) is 4.16. The van der Waals surface area contributed by atoms with E-state index in [4.69, 9.17) is 0 Å². The second-order valence-corrected chi connectivity index (χ2v) is 5.94. The van der Waals surface area contributed by atoms with Crippen molar-refractivity contribution in [2.24, 2.45) is 0 Å². The maximum Gasteiger partial charge on any atom is 0.528 e. The second-order valence-electron chi connectivity index (χ2n) is 2.41. The van der Waals surface area contributed by atoms with E-state index in [0.29, 0.717) is 0 Å². The SMILES string of the molecule is C[P+](C(F)(F)F)(C(F)(F)F)C(F)(F)F.[Cl-]. The quantitative estimate of drug-likeness (QED) is 0.464. The molecule has 0 atom stereocenters. The van der Waals surface area contributed by atoms with Crippen molar-refractivity contribution in [3.05, 3.63) is 0 Å². The van der Waals surface area contributed by atoms with Gasteiger partial charge in [0.1, 0.15) is 0 Å². The van der Waals surface area contributed by atoms with Gasteiger partial charge in [-0.15, -0.1) is 39.5 Å². The summed E-state index contributed by atoms with van der Waals surface area (Å²) in [6.07, 6.45) is 0. The molecule has 0 amide bonds. The molecule has 94 valence electrons. The minimum Gasteiger partial charge on any atom is -1.00 e. The Morgan fingerprint density at radius 3 is 0.733 bits per heavy atom. The average molecular weight is 288 g/mol. The van der Waals surface area contributed by atoms with Crippen molar-refractivity contribution in [2.45, 2.75) is 17.8 Å². The Kier molecular flexibility index (Phi) is 4.85. The highest BCUT2D eigenvalue weighted by molar-refractivity contribution is 7.77. The van der Waals surface area contributed by atoms with Crippen molar-refractivity contribution >= 4 is 7.26 Å². The van der Waals surface area contributed by atoms with Crippen molar-refractivity contribution < 1.29 is 51.9 Å². The summed E-state index contributed by atoms with van der Waals surface area (Å²) < 4.78 is 105. The van der Waals surface area contributed by atoms with Crippen molar-refractivity contribution in [1.82, 2.24) is 0 Å². The topological polar surface area (TPSA) is 0 Å². The number of alkyl halides is 9. The molecule has 0 aliphatic rings. The third-order valence-corrected chi connectivity index (χ3v) is 4.56. The van der Waals surface area contributed by atoms with Gasteiger partial charge in [0.25, 0.3) is 0 Å². The van der Waals surface area contributed by atoms with Gasteiger partial charge in [-0.2, -0.15) is 0 Å². The minimum absolute atomic E-state index is 0. The Hall–Kier alpha value is 0.0900. The van der Waals surface area contributed by atoms with E-state index >= 15 is 0 Å². The molecule has 0 fully saturated rings. The summed E-state index contributed by atoms with van der Waals surface area (Å²) in [4.78, 5) is 0. The van der Waals surface area contributed by atoms with Crippen LogP contribution < -0.4 is 12.4 Å². The highest BCUT2D eigenvalue weighted by atomic mass is 35.5. The first-order valence-corrected chi connectivity index (χ1v) is 5.05. The van der Waals surface area contributed by atoms with Crippen LogP contribution in [0.3, 0.4) is 0 Å². The fourth-order valence-electron chi connectivity index (χ4n) is 0.431. The van der Waals surface area contributed by atoms with Gasteiger partial charge in [0.15, 0.2) is 0 Å². The molecule has 0 bridgehead atoms. The Morgan fingerprint density at radius 2 is 0.733 bits per heavy atom. The van der Waals surface area contributed by atoms with Gasteiger partial charge in [-0.25, -0.2) is 0 Å². The number of hydrogen-bond donors (Lipinski definition) is 0. The Labute approximate surface area is 84.6 Å². The van der Waals surface area contributed by atoms with E-state index in [1.165, 1.54) is 0 Å². The molecule has 0 rings (SSSR count). The molecular formula is C4H3ClF9P. The molecule has 0 aromatic rings. The zero-order chi connectivity index (χ0) is 12.0. The van der Waals surface area contributed by atoms with Crippen LogP contribution in [0.1, 0.15) is 0 Å². The fourth-order valence-corrected chi connectivity index (χ4v) is 1.29. The maximum absolute atomic E-state index is 11.7. The maximum atomic E-state index is 11.7. The summed E-state index contributed by atoms with van der Waals surface area (Å²) >= 11 is 0.